The highest BCUT2D eigenvalue weighted by atomic mass is 32.2. The second-order valence-corrected chi connectivity index (χ2v) is 9.94. The number of nitrogens with zero attached hydrogens (tertiary/aromatic N) is 2. The minimum Gasteiger partial charge on any atom is -0.331 e. The summed E-state index contributed by atoms with van der Waals surface area (Å²) in [7, 11) is -1.28. The molecule has 1 unspecified atom stereocenters. The quantitative estimate of drug-likeness (QED) is 0.807. The van der Waals surface area contributed by atoms with E-state index in [-0.39, 0.29) is 17.9 Å². The molecule has 1 saturated carbocycles. The van der Waals surface area contributed by atoms with Gasteiger partial charge in [0.05, 0.1) is 31.8 Å². The van der Waals surface area contributed by atoms with Crippen LogP contribution in [0.15, 0.2) is 17.0 Å². The Morgan fingerprint density at radius 1 is 1.39 bits per heavy atom. The number of carbonyl (C=O) groups excluding carboxylic acids is 2. The van der Waals surface area contributed by atoms with Gasteiger partial charge in [-0.25, -0.2) is 4.98 Å². The highest BCUT2D eigenvalue weighted by molar-refractivity contribution is 7.84. The summed E-state index contributed by atoms with van der Waals surface area (Å²) in [4.78, 5) is 32.2. The van der Waals surface area contributed by atoms with E-state index in [2.05, 4.69) is 17.2 Å². The van der Waals surface area contributed by atoms with E-state index >= 15 is 0 Å². The third-order valence-corrected chi connectivity index (χ3v) is 7.51. The number of hydrogen-bond acceptors (Lipinski definition) is 5. The van der Waals surface area contributed by atoms with E-state index in [0.717, 1.165) is 21.7 Å². The average Bonchev–Trinajstić information content (AvgIpc) is 3.33. The van der Waals surface area contributed by atoms with E-state index in [4.69, 9.17) is 0 Å². The van der Waals surface area contributed by atoms with Crippen molar-refractivity contribution in [3.8, 4) is 10.4 Å². The van der Waals surface area contributed by atoms with Crippen molar-refractivity contribution in [3.05, 3.63) is 29.0 Å². The second-order valence-electron chi connectivity index (χ2n) is 7.59. The molecule has 0 saturated heterocycles. The van der Waals surface area contributed by atoms with Gasteiger partial charge in [-0.15, -0.1) is 0 Å². The molecule has 0 bridgehead atoms. The van der Waals surface area contributed by atoms with Gasteiger partial charge in [-0.3, -0.25) is 13.8 Å². The van der Waals surface area contributed by atoms with Crippen LogP contribution in [0, 0.1) is 12.8 Å². The summed E-state index contributed by atoms with van der Waals surface area (Å²) >= 11 is 1.39. The standard InChI is InChI=1S/C20H23N3O3S2/c1-10-18(27-20(21-10)22-12(3)24)14-7-15-9-23(11(2)13-5-6-13)19(25)17(15)16(8-14)28(4)26/h7-8,11,13H,5-6,9H2,1-4H3,(H,21,22,24)/t11?,28-/m1/s1. The van der Waals surface area contributed by atoms with Crippen molar-refractivity contribution in [2.45, 2.75) is 51.1 Å². The fraction of sp³-hybridized carbons (Fsp3) is 0.450. The van der Waals surface area contributed by atoms with Gasteiger partial charge in [-0.2, -0.15) is 0 Å². The molecule has 1 fully saturated rings. The highest BCUT2D eigenvalue weighted by Gasteiger charge is 2.40. The summed E-state index contributed by atoms with van der Waals surface area (Å²) in [5, 5.41) is 3.26. The van der Waals surface area contributed by atoms with E-state index in [9.17, 15) is 13.8 Å². The maximum Gasteiger partial charge on any atom is 0.255 e. The second kappa shape index (κ2) is 7.08. The first-order valence-electron chi connectivity index (χ1n) is 9.33. The fourth-order valence-electron chi connectivity index (χ4n) is 3.83. The van der Waals surface area contributed by atoms with E-state index in [1.54, 1.807) is 6.26 Å². The van der Waals surface area contributed by atoms with Crippen LogP contribution in [0.2, 0.25) is 0 Å². The Morgan fingerprint density at radius 3 is 2.71 bits per heavy atom. The maximum absolute atomic E-state index is 13.1. The predicted octanol–water partition coefficient (Wildman–Crippen LogP) is 3.57. The number of nitrogens with one attached hydrogen (secondary N) is 1. The molecule has 1 aromatic heterocycles. The Balaban J connectivity index is 1.77. The zero-order chi connectivity index (χ0) is 20.2. The molecule has 1 aromatic carbocycles. The number of fused-ring (bicyclic) bond motifs is 1. The monoisotopic (exact) mass is 417 g/mol. The summed E-state index contributed by atoms with van der Waals surface area (Å²) in [6, 6.07) is 4.07. The van der Waals surface area contributed by atoms with Gasteiger partial charge in [0, 0.05) is 25.8 Å². The first kappa shape index (κ1) is 19.3. The van der Waals surface area contributed by atoms with Crippen molar-refractivity contribution in [2.24, 2.45) is 5.92 Å². The molecule has 1 aliphatic carbocycles. The van der Waals surface area contributed by atoms with Gasteiger partial charge in [-0.05, 0) is 55.9 Å². The zero-order valence-electron chi connectivity index (χ0n) is 16.4. The van der Waals surface area contributed by atoms with Crippen LogP contribution in [0.3, 0.4) is 0 Å². The Hall–Kier alpha value is -2.06. The minimum absolute atomic E-state index is 0.00823. The van der Waals surface area contributed by atoms with Gasteiger partial charge < -0.3 is 10.2 Å². The van der Waals surface area contributed by atoms with E-state index < -0.39 is 10.8 Å². The van der Waals surface area contributed by atoms with Crippen LogP contribution in [-0.4, -0.2) is 38.2 Å². The molecule has 1 N–H and O–H groups in total. The lowest BCUT2D eigenvalue weighted by atomic mass is 10.0. The predicted molar refractivity (Wildman–Crippen MR) is 111 cm³/mol. The summed E-state index contributed by atoms with van der Waals surface area (Å²) in [5.41, 5.74) is 3.22. The zero-order valence-corrected chi connectivity index (χ0v) is 18.0. The van der Waals surface area contributed by atoms with Crippen molar-refractivity contribution in [1.29, 1.82) is 0 Å². The van der Waals surface area contributed by atoms with Crippen molar-refractivity contribution < 1.29 is 13.8 Å². The maximum atomic E-state index is 13.1. The molecule has 2 heterocycles. The number of aryl methyl sites for hydroxylation is 1. The lowest BCUT2D eigenvalue weighted by molar-refractivity contribution is -0.114. The molecule has 6 nitrogen and oxygen atoms in total. The molecule has 2 atom stereocenters. The molecule has 4 rings (SSSR count). The number of thiazole rings is 1. The van der Waals surface area contributed by atoms with Gasteiger partial charge in [0.25, 0.3) is 5.91 Å². The fourth-order valence-corrected chi connectivity index (χ4v) is 5.63. The third kappa shape index (κ3) is 3.39. The minimum atomic E-state index is -1.28. The Bertz CT molecular complexity index is 1010. The lowest BCUT2D eigenvalue weighted by Gasteiger charge is -2.24. The van der Waals surface area contributed by atoms with Crippen molar-refractivity contribution in [3.63, 3.8) is 0 Å². The molecule has 28 heavy (non-hydrogen) atoms. The summed E-state index contributed by atoms with van der Waals surface area (Å²) in [5.74, 6) is 0.406. The van der Waals surface area contributed by atoms with Gasteiger partial charge >= 0.3 is 0 Å². The SMILES string of the molecule is CC(=O)Nc1nc(C)c(-c2cc3c(c([S@@](C)=O)c2)C(=O)N(C(C)C2CC2)C3)s1. The largest absolute Gasteiger partial charge is 0.331 e. The molecular weight excluding hydrogens is 394 g/mol. The number of carbonyl (C=O) groups is 2. The van der Waals surface area contributed by atoms with Crippen molar-refractivity contribution >= 4 is 39.1 Å². The molecule has 1 aliphatic heterocycles. The smallest absolute Gasteiger partial charge is 0.255 e. The summed E-state index contributed by atoms with van der Waals surface area (Å²) < 4.78 is 12.5. The van der Waals surface area contributed by atoms with Crippen LogP contribution in [0.4, 0.5) is 5.13 Å². The number of amides is 2. The van der Waals surface area contributed by atoms with Crippen LogP contribution in [0.5, 0.6) is 0 Å². The number of benzene rings is 1. The van der Waals surface area contributed by atoms with Gasteiger partial charge in [0.2, 0.25) is 5.91 Å². The number of hydrogen-bond donors (Lipinski definition) is 1. The number of aromatic nitrogens is 1. The van der Waals surface area contributed by atoms with E-state index in [0.29, 0.717) is 28.1 Å². The summed E-state index contributed by atoms with van der Waals surface area (Å²) in [6.07, 6.45) is 3.96. The Morgan fingerprint density at radius 2 is 2.11 bits per heavy atom. The lowest BCUT2D eigenvalue weighted by Crippen LogP contribution is -2.34. The van der Waals surface area contributed by atoms with Crippen LogP contribution >= 0.6 is 11.3 Å². The van der Waals surface area contributed by atoms with E-state index in [1.165, 1.54) is 31.1 Å². The van der Waals surface area contributed by atoms with Crippen LogP contribution in [-0.2, 0) is 22.1 Å². The normalized spacial score (nSPS) is 18.1. The number of rotatable bonds is 5. The molecule has 148 valence electrons. The van der Waals surface area contributed by atoms with Crippen LogP contribution in [0.1, 0.15) is 48.3 Å². The summed E-state index contributed by atoms with van der Waals surface area (Å²) in [6.45, 7) is 6.00. The number of anilines is 1. The molecule has 8 heteroatoms. The Labute approximate surface area is 170 Å². The van der Waals surface area contributed by atoms with Crippen LogP contribution in [0.25, 0.3) is 10.4 Å². The third-order valence-electron chi connectivity index (χ3n) is 5.45. The highest BCUT2D eigenvalue weighted by Crippen LogP contribution is 2.41. The molecule has 0 radical (unpaired) electrons. The van der Waals surface area contributed by atoms with Gasteiger partial charge in [0.1, 0.15) is 0 Å². The molecule has 2 amide bonds. The first-order valence-corrected chi connectivity index (χ1v) is 11.7. The topological polar surface area (TPSA) is 79.4 Å². The van der Waals surface area contributed by atoms with Crippen LogP contribution < -0.4 is 5.32 Å². The van der Waals surface area contributed by atoms with Crippen molar-refractivity contribution in [2.75, 3.05) is 11.6 Å². The van der Waals surface area contributed by atoms with Gasteiger partial charge in [-0.1, -0.05) is 11.3 Å². The average molecular weight is 418 g/mol. The molecule has 2 aliphatic rings. The van der Waals surface area contributed by atoms with Gasteiger partial charge in [0.15, 0.2) is 5.13 Å². The Kier molecular flexibility index (Phi) is 4.87. The first-order chi connectivity index (χ1) is 13.3. The molecule has 0 spiro atoms. The molecular formula is C20H23N3O3S2. The molecule has 2 aromatic rings. The van der Waals surface area contributed by atoms with E-state index in [1.807, 2.05) is 24.0 Å². The van der Waals surface area contributed by atoms with Crippen molar-refractivity contribution in [1.82, 2.24) is 9.88 Å².